The Bertz CT molecular complexity index is 1580. The maximum Gasteiger partial charge on any atom is 0.410 e. The molecule has 2 aliphatic rings. The number of alkyl carbamates (subject to hydrolysis) is 1. The summed E-state index contributed by atoms with van der Waals surface area (Å²) in [6.45, 7) is 7.85. The smallest absolute Gasteiger partial charge is 0.410 e. The van der Waals surface area contributed by atoms with Crippen molar-refractivity contribution in [3.63, 3.8) is 0 Å². The first-order chi connectivity index (χ1) is 24.1. The molecule has 2 bridgehead atoms. The van der Waals surface area contributed by atoms with Gasteiger partial charge in [-0.1, -0.05) is 54.6 Å². The number of piperidine rings is 1. The lowest BCUT2D eigenvalue weighted by atomic mass is 9.85. The highest BCUT2D eigenvalue weighted by Crippen LogP contribution is 2.32. The maximum atomic E-state index is 13.5. The number of hydrogen-bond acceptors (Lipinski definition) is 8. The van der Waals surface area contributed by atoms with Gasteiger partial charge in [-0.15, -0.1) is 0 Å². The zero-order chi connectivity index (χ0) is 35.5. The first kappa shape index (κ1) is 36.4. The Labute approximate surface area is 293 Å². The fraction of sp³-hybridized carbons (Fsp3) is 0.436. The zero-order valence-electron chi connectivity index (χ0n) is 29.0. The number of aldehydes is 1. The number of benzene rings is 3. The highest BCUT2D eigenvalue weighted by molar-refractivity contribution is 5.94. The highest BCUT2D eigenvalue weighted by Gasteiger charge is 2.45. The molecule has 3 amide bonds. The molecular weight excluding hydrogens is 638 g/mol. The van der Waals surface area contributed by atoms with Crippen LogP contribution in [0.5, 0.6) is 5.75 Å². The SMILES string of the molecule is CC(C)(C)OC(=O)N1CC2COCC(C1)C2OC(=O)NC(c1ccccc1)c1cccc(OCc2ccc(C(=O)NCCCCC=O)cc2)c1. The van der Waals surface area contributed by atoms with Gasteiger partial charge in [0, 0.05) is 43.5 Å². The van der Waals surface area contributed by atoms with Crippen LogP contribution >= 0.6 is 0 Å². The van der Waals surface area contributed by atoms with Crippen LogP contribution in [0.25, 0.3) is 0 Å². The Kier molecular flexibility index (Phi) is 12.5. The molecule has 2 aliphatic heterocycles. The van der Waals surface area contributed by atoms with Crippen LogP contribution in [-0.2, 0) is 25.6 Å². The number of hydrogen-bond donors (Lipinski definition) is 2. The van der Waals surface area contributed by atoms with E-state index in [0.717, 1.165) is 35.8 Å². The lowest BCUT2D eigenvalue weighted by Crippen LogP contribution is -2.59. The molecule has 0 saturated carbocycles. The van der Waals surface area contributed by atoms with Gasteiger partial charge in [0.1, 0.15) is 30.3 Å². The molecule has 3 aromatic carbocycles. The van der Waals surface area contributed by atoms with E-state index in [9.17, 15) is 19.2 Å². The molecule has 266 valence electrons. The van der Waals surface area contributed by atoms with Gasteiger partial charge in [-0.2, -0.15) is 0 Å². The van der Waals surface area contributed by atoms with E-state index in [2.05, 4.69) is 10.6 Å². The van der Waals surface area contributed by atoms with E-state index in [4.69, 9.17) is 18.9 Å². The van der Waals surface area contributed by atoms with Crippen LogP contribution in [0.15, 0.2) is 78.9 Å². The van der Waals surface area contributed by atoms with E-state index >= 15 is 0 Å². The Morgan fingerprint density at radius 1 is 0.920 bits per heavy atom. The number of nitrogens with zero attached hydrogens (tertiary/aromatic N) is 1. The van der Waals surface area contributed by atoms with Crippen LogP contribution < -0.4 is 15.4 Å². The molecule has 3 aromatic rings. The van der Waals surface area contributed by atoms with Crippen molar-refractivity contribution in [2.24, 2.45) is 11.8 Å². The zero-order valence-corrected chi connectivity index (χ0v) is 29.0. The highest BCUT2D eigenvalue weighted by atomic mass is 16.6. The van der Waals surface area contributed by atoms with Gasteiger partial charge in [-0.3, -0.25) is 4.79 Å². The second kappa shape index (κ2) is 17.2. The van der Waals surface area contributed by atoms with Crippen molar-refractivity contribution in [1.29, 1.82) is 0 Å². The van der Waals surface area contributed by atoms with Gasteiger partial charge in [0.25, 0.3) is 5.91 Å². The Hall–Kier alpha value is -4.90. The normalized spacial score (nSPS) is 19.1. The van der Waals surface area contributed by atoms with E-state index < -0.39 is 23.8 Å². The summed E-state index contributed by atoms with van der Waals surface area (Å²) in [6.07, 6.45) is 1.56. The average Bonchev–Trinajstić information content (AvgIpc) is 3.09. The molecular formula is C39H47N3O8. The summed E-state index contributed by atoms with van der Waals surface area (Å²) in [5.41, 5.74) is 2.54. The molecule has 0 spiro atoms. The number of likely N-dealkylation sites (tertiary alicyclic amines) is 1. The molecule has 50 heavy (non-hydrogen) atoms. The largest absolute Gasteiger partial charge is 0.489 e. The Morgan fingerprint density at radius 3 is 2.30 bits per heavy atom. The third kappa shape index (κ3) is 10.3. The fourth-order valence-electron chi connectivity index (χ4n) is 6.21. The summed E-state index contributed by atoms with van der Waals surface area (Å²) in [5.74, 6) is 0.125. The van der Waals surface area contributed by atoms with Gasteiger partial charge in [0.15, 0.2) is 0 Å². The summed E-state index contributed by atoms with van der Waals surface area (Å²) >= 11 is 0. The first-order valence-corrected chi connectivity index (χ1v) is 17.2. The van der Waals surface area contributed by atoms with Crippen LogP contribution in [0.2, 0.25) is 0 Å². The van der Waals surface area contributed by atoms with E-state index in [1.807, 2.05) is 87.5 Å². The van der Waals surface area contributed by atoms with E-state index in [1.165, 1.54) is 0 Å². The summed E-state index contributed by atoms with van der Waals surface area (Å²) < 4.78 is 23.6. The van der Waals surface area contributed by atoms with Crippen molar-refractivity contribution >= 4 is 24.4 Å². The first-order valence-electron chi connectivity index (χ1n) is 17.2. The molecule has 3 unspecified atom stereocenters. The van der Waals surface area contributed by atoms with Crippen molar-refractivity contribution in [2.45, 2.75) is 64.4 Å². The third-order valence-corrected chi connectivity index (χ3v) is 8.64. The summed E-state index contributed by atoms with van der Waals surface area (Å²) in [4.78, 5) is 50.9. The number of unbranched alkanes of at least 4 members (excludes halogenated alkanes) is 2. The monoisotopic (exact) mass is 685 g/mol. The average molecular weight is 686 g/mol. The van der Waals surface area contributed by atoms with Crippen molar-refractivity contribution in [2.75, 3.05) is 32.8 Å². The van der Waals surface area contributed by atoms with Gasteiger partial charge in [-0.05, 0) is 74.6 Å². The van der Waals surface area contributed by atoms with Crippen LogP contribution in [0, 0.1) is 11.8 Å². The molecule has 11 heteroatoms. The minimum absolute atomic E-state index is 0.156. The number of nitrogens with one attached hydrogen (secondary N) is 2. The summed E-state index contributed by atoms with van der Waals surface area (Å²) in [7, 11) is 0. The van der Waals surface area contributed by atoms with Crippen molar-refractivity contribution in [1.82, 2.24) is 15.5 Å². The van der Waals surface area contributed by atoms with Gasteiger partial charge in [-0.25, -0.2) is 9.59 Å². The van der Waals surface area contributed by atoms with Crippen LogP contribution in [0.4, 0.5) is 9.59 Å². The predicted octanol–water partition coefficient (Wildman–Crippen LogP) is 6.06. The number of fused-ring (bicyclic) bond motifs is 2. The molecule has 2 saturated heterocycles. The molecule has 2 fully saturated rings. The second-order valence-electron chi connectivity index (χ2n) is 13.8. The maximum absolute atomic E-state index is 13.5. The number of ether oxygens (including phenoxy) is 4. The van der Waals surface area contributed by atoms with Crippen LogP contribution in [0.1, 0.15) is 73.1 Å². The number of rotatable bonds is 13. The molecule has 0 radical (unpaired) electrons. The van der Waals surface area contributed by atoms with Crippen LogP contribution in [-0.4, -0.2) is 73.8 Å². The predicted molar refractivity (Wildman–Crippen MR) is 187 cm³/mol. The topological polar surface area (TPSA) is 132 Å². The van der Waals surface area contributed by atoms with Gasteiger partial charge in [0.05, 0.1) is 19.3 Å². The van der Waals surface area contributed by atoms with Gasteiger partial charge < -0.3 is 39.3 Å². The Balaban J connectivity index is 1.20. The quantitative estimate of drug-likeness (QED) is 0.164. The summed E-state index contributed by atoms with van der Waals surface area (Å²) in [5, 5.41) is 5.95. The standard InChI is InChI=1S/C39H47N3O8/c1-39(2,3)50-38(46)42-22-31-25-47-26-32(23-42)35(31)49-37(45)41-34(28-11-6-4-7-12-28)30-13-10-14-33(21-30)48-24-27-15-17-29(18-16-27)36(44)40-19-8-5-9-20-43/h4,6-7,10-18,20-21,31-32,34-35H,5,8-9,19,22-26H2,1-3H3,(H,40,44)(H,41,45). The van der Waals surface area contributed by atoms with Gasteiger partial charge in [0.2, 0.25) is 0 Å². The number of carbonyl (C=O) groups is 4. The van der Waals surface area contributed by atoms with E-state index in [0.29, 0.717) is 50.6 Å². The second-order valence-corrected chi connectivity index (χ2v) is 13.8. The van der Waals surface area contributed by atoms with E-state index in [-0.39, 0.29) is 30.4 Å². The third-order valence-electron chi connectivity index (χ3n) is 8.64. The van der Waals surface area contributed by atoms with Gasteiger partial charge >= 0.3 is 12.2 Å². The fourth-order valence-corrected chi connectivity index (χ4v) is 6.21. The lowest BCUT2D eigenvalue weighted by Gasteiger charge is -2.46. The number of amides is 3. The van der Waals surface area contributed by atoms with Crippen LogP contribution in [0.3, 0.4) is 0 Å². The minimum Gasteiger partial charge on any atom is -0.489 e. The van der Waals surface area contributed by atoms with Crippen molar-refractivity contribution in [3.05, 3.63) is 101 Å². The minimum atomic E-state index is -0.602. The molecule has 2 N–H and O–H groups in total. The number of carbonyl (C=O) groups excluding carboxylic acids is 4. The van der Waals surface area contributed by atoms with Crippen molar-refractivity contribution < 1.29 is 38.1 Å². The molecule has 0 aliphatic carbocycles. The lowest BCUT2D eigenvalue weighted by molar-refractivity contribution is -0.124. The molecule has 2 heterocycles. The Morgan fingerprint density at radius 2 is 1.62 bits per heavy atom. The molecule has 5 rings (SSSR count). The molecule has 11 nitrogen and oxygen atoms in total. The summed E-state index contributed by atoms with van der Waals surface area (Å²) in [6, 6.07) is 23.9. The molecule has 3 atom stereocenters. The van der Waals surface area contributed by atoms with Crippen molar-refractivity contribution in [3.8, 4) is 5.75 Å². The van der Waals surface area contributed by atoms with E-state index in [1.54, 1.807) is 17.0 Å². The molecule has 0 aromatic heterocycles.